The number of aliphatic hydroxyl groups excluding tert-OH is 1. The number of likely N-dealkylation sites (N-methyl/N-ethyl adjacent to an activating group) is 3. The van der Waals surface area contributed by atoms with Crippen LogP contribution in [-0.4, -0.2) is 210 Å². The molecule has 5 aliphatic rings. The van der Waals surface area contributed by atoms with Crippen molar-refractivity contribution in [2.45, 2.75) is 216 Å². The van der Waals surface area contributed by atoms with Crippen LogP contribution in [0.2, 0.25) is 0 Å². The number of cyclic esters (lactones) is 1. The Morgan fingerprint density at radius 2 is 1.66 bits per heavy atom. The summed E-state index contributed by atoms with van der Waals surface area (Å²) in [6, 6.07) is 3.36. The second-order valence-corrected chi connectivity index (χ2v) is 25.7. The van der Waals surface area contributed by atoms with E-state index in [0.29, 0.717) is 44.5 Å². The SMILES string of the molecule is CC[C@H]1OC(=O)[C@H](C)[C@@H](OC2C[C@@](C)(OC)[C@@H](OCCN(C)CCSc3cc4c5c(c3)c(=O)c(C(=O)O)cn5C(C)CC4)[C@H](C)O2)[C@H](C)[C@@H](O[C@@H]2O[C@H](C)C[C@H](N(C)C)[C@H]2O)[C@](C)(O)C[C@@H](C)CN(C)[C@H](C)[C@@H]2OC(=O)O[C@]12C. The normalized spacial score (nSPS) is 38.9. The van der Waals surface area contributed by atoms with Gasteiger partial charge in [0.05, 0.1) is 53.7 Å². The van der Waals surface area contributed by atoms with Gasteiger partial charge < -0.3 is 72.3 Å². The van der Waals surface area contributed by atoms with Crippen LogP contribution in [0.1, 0.15) is 130 Å². The zero-order chi connectivity index (χ0) is 58.2. The van der Waals surface area contributed by atoms with Crippen molar-refractivity contribution >= 4 is 40.8 Å². The number of benzene rings is 1. The molecule has 1 aromatic heterocycles. The first-order chi connectivity index (χ1) is 37.0. The molecule has 0 saturated carbocycles. The molecular weight excluding hydrogens is 1040 g/mol. The lowest BCUT2D eigenvalue weighted by atomic mass is 9.77. The number of nitrogens with zero attached hydrogens (tertiary/aromatic N) is 4. The molecule has 3 N–H and O–H groups in total. The average molecular weight is 1130 g/mol. The van der Waals surface area contributed by atoms with Gasteiger partial charge in [0.15, 0.2) is 24.3 Å². The third-order valence-corrected chi connectivity index (χ3v) is 18.8. The Morgan fingerprint density at radius 1 is 0.949 bits per heavy atom. The highest BCUT2D eigenvalue weighted by molar-refractivity contribution is 7.99. The minimum atomic E-state index is -1.59. The fraction of sp³-hybridized carbons (Fsp3) is 0.793. The minimum absolute atomic E-state index is 0.0874. The number of aromatic nitrogens is 1. The molecule has 2 unspecified atom stereocenters. The fourth-order valence-electron chi connectivity index (χ4n) is 13.2. The number of rotatable bonds is 16. The van der Waals surface area contributed by atoms with Gasteiger partial charge in [0.1, 0.15) is 23.9 Å². The summed E-state index contributed by atoms with van der Waals surface area (Å²) in [5.41, 5.74) is -2.67. The number of hydrogen-bond acceptors (Lipinski definition) is 19. The summed E-state index contributed by atoms with van der Waals surface area (Å²) in [5, 5.41) is 35.0. The topological polar surface area (TPSA) is 227 Å². The maximum atomic E-state index is 14.9. The van der Waals surface area contributed by atoms with Gasteiger partial charge in [-0.05, 0) is 139 Å². The summed E-state index contributed by atoms with van der Waals surface area (Å²) < 4.78 is 60.0. The predicted octanol–water partition coefficient (Wildman–Crippen LogP) is 6.35. The fourth-order valence-corrected chi connectivity index (χ4v) is 14.3. The molecule has 0 aliphatic carbocycles. The van der Waals surface area contributed by atoms with Gasteiger partial charge in [-0.2, -0.15) is 0 Å². The Kier molecular flexibility index (Phi) is 20.4. The van der Waals surface area contributed by atoms with E-state index in [2.05, 4.69) is 15.9 Å². The van der Waals surface area contributed by atoms with Crippen molar-refractivity contribution in [2.24, 2.45) is 17.8 Å². The monoisotopic (exact) mass is 1130 g/mol. The van der Waals surface area contributed by atoms with Crippen molar-refractivity contribution in [1.82, 2.24) is 19.3 Å². The van der Waals surface area contributed by atoms with Crippen LogP contribution in [0.25, 0.3) is 10.9 Å². The van der Waals surface area contributed by atoms with E-state index in [1.807, 2.05) is 99.1 Å². The van der Waals surface area contributed by atoms with Gasteiger partial charge in [-0.25, -0.2) is 9.59 Å². The average Bonchev–Trinajstić information content (AvgIpc) is 3.70. The molecule has 4 fully saturated rings. The molecule has 446 valence electrons. The number of fused-ring (bicyclic) bond motifs is 1. The van der Waals surface area contributed by atoms with E-state index in [9.17, 15) is 34.5 Å². The summed E-state index contributed by atoms with van der Waals surface area (Å²) in [7, 11) is 9.35. The maximum absolute atomic E-state index is 14.9. The molecule has 0 radical (unpaired) electrons. The van der Waals surface area contributed by atoms with E-state index < -0.39 is 107 Å². The number of carbonyl (C=O) groups excluding carboxylic acids is 2. The number of aromatic carboxylic acids is 1. The highest BCUT2D eigenvalue weighted by Crippen LogP contribution is 2.43. The third kappa shape index (κ3) is 13.6. The van der Waals surface area contributed by atoms with Gasteiger partial charge in [0.2, 0.25) is 5.43 Å². The second-order valence-electron chi connectivity index (χ2n) is 24.5. The molecule has 20 nitrogen and oxygen atoms in total. The first-order valence-corrected chi connectivity index (χ1v) is 29.4. The van der Waals surface area contributed by atoms with Crippen LogP contribution >= 0.6 is 11.8 Å². The predicted molar refractivity (Wildman–Crippen MR) is 297 cm³/mol. The molecule has 5 aliphatic heterocycles. The van der Waals surface area contributed by atoms with Crippen LogP contribution in [0.15, 0.2) is 28.0 Å². The van der Waals surface area contributed by atoms with Gasteiger partial charge in [0, 0.05) is 79.4 Å². The molecule has 1 aromatic carbocycles. The number of methoxy groups -OCH3 is 1. The van der Waals surface area contributed by atoms with Crippen molar-refractivity contribution in [3.8, 4) is 0 Å². The molecule has 79 heavy (non-hydrogen) atoms. The lowest BCUT2D eigenvalue weighted by molar-refractivity contribution is -0.320. The molecule has 7 rings (SSSR count). The van der Waals surface area contributed by atoms with Crippen molar-refractivity contribution < 1.29 is 72.3 Å². The van der Waals surface area contributed by atoms with Crippen LogP contribution in [0, 0.1) is 17.8 Å². The van der Waals surface area contributed by atoms with Crippen LogP contribution in [0.5, 0.6) is 0 Å². The van der Waals surface area contributed by atoms with Gasteiger partial charge in [-0.1, -0.05) is 20.8 Å². The Morgan fingerprint density at radius 3 is 2.32 bits per heavy atom. The number of ether oxygens (including phenoxy) is 9. The zero-order valence-corrected chi connectivity index (χ0v) is 50.4. The maximum Gasteiger partial charge on any atom is 0.509 e. The summed E-state index contributed by atoms with van der Waals surface area (Å²) in [6.45, 7) is 22.8. The first-order valence-electron chi connectivity index (χ1n) is 28.5. The molecule has 2 aromatic rings. The van der Waals surface area contributed by atoms with E-state index in [-0.39, 0.29) is 48.6 Å². The first kappa shape index (κ1) is 63.1. The number of aliphatic hydroxyl groups is 2. The Labute approximate surface area is 471 Å². The van der Waals surface area contributed by atoms with Crippen LogP contribution < -0.4 is 5.43 Å². The standard InChI is InChI=1S/C58H92N4O16S/c1-17-43-58(11)50(77-55(68)78-58)36(7)61(15)29-31(2)27-56(9,69)49(76-54-47(64)42(59(12)13)24-33(4)72-54)34(5)48(35(6)53(67)74-43)75-44-28-57(10,70-16)51(37(8)73-44)71-22-20-60(14)21-23-79-39-25-38-19-18-32(3)62-30-41(52(65)66)46(63)40(26-39)45(38)62/h25-26,30-37,42-44,47-51,54,64,69H,17-24,27-29H2,1-16H3,(H,65,66)/t31-,32?,33-,34+,35-,36-,37+,42+,43-,44?,47-,48+,49-,50+,51+,54+,56-,57-,58-/m1/s1. The molecule has 0 spiro atoms. The lowest BCUT2D eigenvalue weighted by Gasteiger charge is -2.49. The number of esters is 1. The van der Waals surface area contributed by atoms with Crippen molar-refractivity contribution in [3.63, 3.8) is 0 Å². The molecule has 4 saturated heterocycles. The smallest absolute Gasteiger partial charge is 0.477 e. The van der Waals surface area contributed by atoms with Crippen molar-refractivity contribution in [1.29, 1.82) is 0 Å². The Bertz CT molecular complexity index is 2520. The van der Waals surface area contributed by atoms with E-state index >= 15 is 0 Å². The highest BCUT2D eigenvalue weighted by Gasteiger charge is 2.58. The number of aryl methyl sites for hydroxylation is 1. The van der Waals surface area contributed by atoms with Gasteiger partial charge in [-0.15, -0.1) is 11.8 Å². The highest BCUT2D eigenvalue weighted by atomic mass is 32.2. The van der Waals surface area contributed by atoms with E-state index in [1.54, 1.807) is 39.6 Å². The molecule has 19 atom stereocenters. The summed E-state index contributed by atoms with van der Waals surface area (Å²) >= 11 is 1.62. The van der Waals surface area contributed by atoms with E-state index in [4.69, 9.17) is 42.6 Å². The summed E-state index contributed by atoms with van der Waals surface area (Å²) in [4.78, 5) is 60.3. The van der Waals surface area contributed by atoms with Crippen LogP contribution in [0.3, 0.4) is 0 Å². The minimum Gasteiger partial charge on any atom is -0.477 e. The summed E-state index contributed by atoms with van der Waals surface area (Å²) in [5.74, 6) is -3.08. The molecule has 0 amide bonds. The van der Waals surface area contributed by atoms with Crippen molar-refractivity contribution in [3.05, 3.63) is 39.7 Å². The number of thioether (sulfide) groups is 1. The Hall–Kier alpha value is -3.45. The number of carboxylic acid groups (broad SMARTS) is 1. The number of pyridine rings is 1. The van der Waals surface area contributed by atoms with Crippen molar-refractivity contribution in [2.75, 3.05) is 67.3 Å². The molecule has 21 heteroatoms. The molecule has 0 bridgehead atoms. The van der Waals surface area contributed by atoms with Crippen LogP contribution in [-0.2, 0) is 53.8 Å². The van der Waals surface area contributed by atoms with Crippen LogP contribution in [0.4, 0.5) is 4.79 Å². The number of carbonyl (C=O) groups is 3. The van der Waals surface area contributed by atoms with Gasteiger partial charge in [-0.3, -0.25) is 14.5 Å². The van der Waals surface area contributed by atoms with E-state index in [1.165, 1.54) is 6.20 Å². The number of hydrogen-bond donors (Lipinski definition) is 3. The molecular formula is C58H92N4O16S. The molecule has 6 heterocycles. The third-order valence-electron chi connectivity index (χ3n) is 17.9. The Balaban J connectivity index is 1.09. The zero-order valence-electron chi connectivity index (χ0n) is 49.6. The largest absolute Gasteiger partial charge is 0.509 e. The quantitative estimate of drug-likeness (QED) is 0.123. The second kappa shape index (κ2) is 25.6. The number of carboxylic acids is 1. The lowest BCUT2D eigenvalue weighted by Crippen LogP contribution is -2.61. The van der Waals surface area contributed by atoms with E-state index in [0.717, 1.165) is 34.6 Å². The summed E-state index contributed by atoms with van der Waals surface area (Å²) in [6.07, 6.45) is -4.74. The van der Waals surface area contributed by atoms with Gasteiger partial charge >= 0.3 is 18.1 Å². The van der Waals surface area contributed by atoms with Gasteiger partial charge in [0.25, 0.3) is 0 Å².